The molecule has 2 rings (SSSR count). The number of amides is 1. The lowest BCUT2D eigenvalue weighted by Crippen LogP contribution is -2.13. The number of halogens is 1. The van der Waals surface area contributed by atoms with Gasteiger partial charge in [-0.05, 0) is 36.8 Å². The summed E-state index contributed by atoms with van der Waals surface area (Å²) in [6, 6.07) is 9.02. The summed E-state index contributed by atoms with van der Waals surface area (Å²) in [4.78, 5) is 22.3. The van der Waals surface area contributed by atoms with Crippen LogP contribution in [0.5, 0.6) is 0 Å². The number of benzene rings is 2. The van der Waals surface area contributed by atoms with Crippen LogP contribution in [-0.4, -0.2) is 10.8 Å². The predicted molar refractivity (Wildman–Crippen MR) is 81.7 cm³/mol. The molecule has 0 radical (unpaired) electrons. The first-order chi connectivity index (χ1) is 9.90. The van der Waals surface area contributed by atoms with Crippen LogP contribution in [0.25, 0.3) is 0 Å². The summed E-state index contributed by atoms with van der Waals surface area (Å²) in [5, 5.41) is 14.0. The topological polar surface area (TPSA) is 98.3 Å². The zero-order chi connectivity index (χ0) is 15.6. The van der Waals surface area contributed by atoms with Crippen molar-refractivity contribution in [2.24, 2.45) is 0 Å². The number of carbonyl (C=O) groups excluding carboxylic acids is 1. The van der Waals surface area contributed by atoms with Crippen LogP contribution in [0.3, 0.4) is 0 Å². The van der Waals surface area contributed by atoms with Gasteiger partial charge < -0.3 is 11.1 Å². The lowest BCUT2D eigenvalue weighted by atomic mass is 10.1. The molecule has 0 aromatic heterocycles. The number of rotatable bonds is 3. The van der Waals surface area contributed by atoms with E-state index in [2.05, 4.69) is 5.32 Å². The Hall–Kier alpha value is -2.60. The Morgan fingerprint density at radius 1 is 1.33 bits per heavy atom. The minimum Gasteiger partial charge on any atom is -0.393 e. The van der Waals surface area contributed by atoms with E-state index in [1.54, 1.807) is 25.1 Å². The fourth-order valence-electron chi connectivity index (χ4n) is 1.78. The molecule has 21 heavy (non-hydrogen) atoms. The summed E-state index contributed by atoms with van der Waals surface area (Å²) in [7, 11) is 0. The second-order valence-electron chi connectivity index (χ2n) is 4.40. The van der Waals surface area contributed by atoms with Crippen LogP contribution in [0.15, 0.2) is 36.4 Å². The van der Waals surface area contributed by atoms with Crippen molar-refractivity contribution in [3.05, 3.63) is 62.7 Å². The number of nitrogen functional groups attached to an aromatic ring is 1. The molecule has 0 saturated heterocycles. The van der Waals surface area contributed by atoms with Gasteiger partial charge in [-0.3, -0.25) is 14.9 Å². The van der Waals surface area contributed by atoms with E-state index in [1.807, 2.05) is 0 Å². The van der Waals surface area contributed by atoms with Crippen molar-refractivity contribution < 1.29 is 9.72 Å². The highest BCUT2D eigenvalue weighted by atomic mass is 35.5. The monoisotopic (exact) mass is 305 g/mol. The molecule has 3 N–H and O–H groups in total. The number of nitrogens with two attached hydrogens (primary N) is 1. The maximum Gasteiger partial charge on any atom is 0.292 e. The zero-order valence-corrected chi connectivity index (χ0v) is 11.8. The number of nitro benzene ring substituents is 1. The average Bonchev–Trinajstić information content (AvgIpc) is 2.44. The van der Waals surface area contributed by atoms with Gasteiger partial charge in [0, 0.05) is 22.3 Å². The SMILES string of the molecule is Cc1c(Cl)cccc1NC(=O)c1ccc(N)c([N+](=O)[O-])c1. The van der Waals surface area contributed by atoms with Crippen molar-refractivity contribution in [1.29, 1.82) is 0 Å². The Morgan fingerprint density at radius 3 is 2.71 bits per heavy atom. The Bertz CT molecular complexity index is 731. The number of hydrogen-bond acceptors (Lipinski definition) is 4. The molecule has 0 aliphatic rings. The molecule has 0 spiro atoms. The molecule has 0 unspecified atom stereocenters. The van der Waals surface area contributed by atoms with Gasteiger partial charge in [-0.15, -0.1) is 0 Å². The minimum atomic E-state index is -0.628. The van der Waals surface area contributed by atoms with Crippen LogP contribution in [0.2, 0.25) is 5.02 Å². The quantitative estimate of drug-likeness (QED) is 0.516. The van der Waals surface area contributed by atoms with E-state index >= 15 is 0 Å². The van der Waals surface area contributed by atoms with Crippen molar-refractivity contribution in [1.82, 2.24) is 0 Å². The second-order valence-corrected chi connectivity index (χ2v) is 4.80. The van der Waals surface area contributed by atoms with Gasteiger partial charge in [-0.1, -0.05) is 17.7 Å². The third-order valence-electron chi connectivity index (χ3n) is 3.01. The zero-order valence-electron chi connectivity index (χ0n) is 11.1. The van der Waals surface area contributed by atoms with Crippen molar-refractivity contribution in [3.63, 3.8) is 0 Å². The number of carbonyl (C=O) groups is 1. The molecule has 0 aliphatic heterocycles. The summed E-state index contributed by atoms with van der Waals surface area (Å²) in [5.41, 5.74) is 6.62. The fourth-order valence-corrected chi connectivity index (χ4v) is 1.95. The van der Waals surface area contributed by atoms with E-state index in [1.165, 1.54) is 12.1 Å². The van der Waals surface area contributed by atoms with E-state index in [-0.39, 0.29) is 16.9 Å². The largest absolute Gasteiger partial charge is 0.393 e. The second kappa shape index (κ2) is 5.80. The number of anilines is 2. The highest BCUT2D eigenvalue weighted by molar-refractivity contribution is 6.31. The van der Waals surface area contributed by atoms with E-state index in [0.29, 0.717) is 10.7 Å². The molecular weight excluding hydrogens is 294 g/mol. The van der Waals surface area contributed by atoms with Crippen LogP contribution >= 0.6 is 11.6 Å². The van der Waals surface area contributed by atoms with E-state index in [9.17, 15) is 14.9 Å². The molecule has 108 valence electrons. The number of nitro groups is 1. The summed E-state index contributed by atoms with van der Waals surface area (Å²) in [6.45, 7) is 1.77. The first-order valence-corrected chi connectivity index (χ1v) is 6.38. The first-order valence-electron chi connectivity index (χ1n) is 6.00. The van der Waals surface area contributed by atoms with Crippen molar-refractivity contribution in [2.45, 2.75) is 6.92 Å². The maximum atomic E-state index is 12.1. The predicted octanol–water partition coefficient (Wildman–Crippen LogP) is 3.39. The summed E-state index contributed by atoms with van der Waals surface area (Å²) in [5.74, 6) is -0.469. The van der Waals surface area contributed by atoms with Gasteiger partial charge in [0.15, 0.2) is 0 Å². The molecule has 0 bridgehead atoms. The van der Waals surface area contributed by atoms with Crippen LogP contribution in [-0.2, 0) is 0 Å². The number of nitrogens with zero attached hydrogens (tertiary/aromatic N) is 1. The Balaban J connectivity index is 2.31. The van der Waals surface area contributed by atoms with Gasteiger partial charge in [0.25, 0.3) is 11.6 Å². The van der Waals surface area contributed by atoms with E-state index in [0.717, 1.165) is 11.6 Å². The van der Waals surface area contributed by atoms with Gasteiger partial charge in [-0.25, -0.2) is 0 Å². The molecular formula is C14H12ClN3O3. The van der Waals surface area contributed by atoms with E-state index in [4.69, 9.17) is 17.3 Å². The fraction of sp³-hybridized carbons (Fsp3) is 0.0714. The van der Waals surface area contributed by atoms with Crippen molar-refractivity contribution in [3.8, 4) is 0 Å². The third-order valence-corrected chi connectivity index (χ3v) is 3.41. The molecule has 6 nitrogen and oxygen atoms in total. The molecule has 0 aliphatic carbocycles. The summed E-state index contributed by atoms with van der Waals surface area (Å²) in [6.07, 6.45) is 0. The molecule has 2 aromatic rings. The normalized spacial score (nSPS) is 10.2. The number of hydrogen-bond donors (Lipinski definition) is 2. The van der Waals surface area contributed by atoms with Gasteiger partial charge in [0.1, 0.15) is 5.69 Å². The first kappa shape index (κ1) is 14.8. The van der Waals surface area contributed by atoms with Crippen LogP contribution in [0, 0.1) is 17.0 Å². The summed E-state index contributed by atoms with van der Waals surface area (Å²) >= 11 is 5.97. The van der Waals surface area contributed by atoms with Gasteiger partial charge in [0.2, 0.25) is 0 Å². The lowest BCUT2D eigenvalue weighted by molar-refractivity contribution is -0.383. The van der Waals surface area contributed by atoms with Gasteiger partial charge in [-0.2, -0.15) is 0 Å². The standard InChI is InChI=1S/C14H12ClN3O3/c1-8-10(15)3-2-4-12(8)17-14(19)9-5-6-11(16)13(7-9)18(20)21/h2-7H,16H2,1H3,(H,17,19). The van der Waals surface area contributed by atoms with Gasteiger partial charge in [0.05, 0.1) is 4.92 Å². The number of nitrogens with one attached hydrogen (secondary N) is 1. The third kappa shape index (κ3) is 3.11. The molecule has 0 heterocycles. The highest BCUT2D eigenvalue weighted by Gasteiger charge is 2.16. The van der Waals surface area contributed by atoms with E-state index < -0.39 is 10.8 Å². The van der Waals surface area contributed by atoms with Crippen molar-refractivity contribution in [2.75, 3.05) is 11.1 Å². The molecule has 0 atom stereocenters. The summed E-state index contributed by atoms with van der Waals surface area (Å²) < 4.78 is 0. The lowest BCUT2D eigenvalue weighted by Gasteiger charge is -2.09. The maximum absolute atomic E-state index is 12.1. The van der Waals surface area contributed by atoms with Crippen LogP contribution in [0.1, 0.15) is 15.9 Å². The molecule has 0 saturated carbocycles. The molecule has 7 heteroatoms. The Morgan fingerprint density at radius 2 is 2.05 bits per heavy atom. The molecule has 2 aromatic carbocycles. The Kier molecular flexibility index (Phi) is 4.09. The average molecular weight is 306 g/mol. The van der Waals surface area contributed by atoms with Crippen molar-refractivity contribution >= 4 is 34.6 Å². The van der Waals surface area contributed by atoms with Crippen LogP contribution in [0.4, 0.5) is 17.1 Å². The molecule has 0 fully saturated rings. The minimum absolute atomic E-state index is 0.00971. The van der Waals surface area contributed by atoms with Gasteiger partial charge >= 0.3 is 0 Å². The smallest absolute Gasteiger partial charge is 0.292 e. The molecule has 1 amide bonds. The van der Waals surface area contributed by atoms with Crippen LogP contribution < -0.4 is 11.1 Å². The Labute approximate surface area is 125 Å². The highest BCUT2D eigenvalue weighted by Crippen LogP contribution is 2.25.